The van der Waals surface area contributed by atoms with Crippen LogP contribution in [0.3, 0.4) is 0 Å². The molecule has 0 amide bonds. The van der Waals surface area contributed by atoms with Crippen LogP contribution in [-0.4, -0.2) is 12.2 Å². The van der Waals surface area contributed by atoms with E-state index in [-0.39, 0.29) is 5.75 Å². The molecule has 0 aliphatic heterocycles. The van der Waals surface area contributed by atoms with E-state index in [4.69, 9.17) is 10.00 Å². The van der Waals surface area contributed by atoms with Gasteiger partial charge in [-0.3, -0.25) is 0 Å². The van der Waals surface area contributed by atoms with Crippen molar-refractivity contribution in [2.24, 2.45) is 9.98 Å². The number of carbonyl (C=O) groups excluding carboxylic acids is 2. The summed E-state index contributed by atoms with van der Waals surface area (Å²) in [6, 6.07) is 11.8. The summed E-state index contributed by atoms with van der Waals surface area (Å²) in [5.41, 5.74) is 2.33. The summed E-state index contributed by atoms with van der Waals surface area (Å²) in [7, 11) is 0. The molecule has 2 rings (SSSR count). The van der Waals surface area contributed by atoms with Gasteiger partial charge in [-0.05, 0) is 23.3 Å². The molecule has 0 atom stereocenters. The number of aliphatic imine (C=N–C) groups is 2. The molecule has 0 bridgehead atoms. The maximum atomic E-state index is 10.6. The van der Waals surface area contributed by atoms with Crippen LogP contribution in [0.15, 0.2) is 52.4 Å². The van der Waals surface area contributed by atoms with Gasteiger partial charge in [0.05, 0.1) is 11.4 Å². The molecule has 6 nitrogen and oxygen atoms in total. The molecular weight excluding hydrogens is 282 g/mol. The maximum Gasteiger partial charge on any atom is 0.292 e. The normalized spacial score (nSPS) is 9.05. The lowest BCUT2D eigenvalue weighted by Crippen LogP contribution is -1.91. The molecule has 2 aromatic carbocycles. The lowest BCUT2D eigenvalue weighted by Gasteiger charge is -2.08. The number of nitrogens with zero attached hydrogens (tertiary/aromatic N) is 3. The second-order valence-corrected chi connectivity index (χ2v) is 4.20. The fourth-order valence-electron chi connectivity index (χ4n) is 1.99. The van der Waals surface area contributed by atoms with E-state index in [9.17, 15) is 9.59 Å². The van der Waals surface area contributed by atoms with Crippen LogP contribution in [0.25, 0.3) is 0 Å². The fraction of sp³-hybridized carbons (Fsp3) is 0.0625. The second kappa shape index (κ2) is 7.32. The van der Waals surface area contributed by atoms with Crippen LogP contribution in [-0.2, 0) is 16.0 Å². The molecule has 0 unspecified atom stereocenters. The Bertz CT molecular complexity index is 827. The number of benzene rings is 2. The predicted octanol–water partition coefficient (Wildman–Crippen LogP) is 3.07. The quantitative estimate of drug-likeness (QED) is 0.480. The second-order valence-electron chi connectivity index (χ2n) is 4.20. The van der Waals surface area contributed by atoms with Gasteiger partial charge in [0.15, 0.2) is 0 Å². The Balaban J connectivity index is 2.43. The molecular formula is C16H9N3O3. The monoisotopic (exact) mass is 291 g/mol. The first-order chi connectivity index (χ1) is 10.8. The first-order valence-electron chi connectivity index (χ1n) is 6.21. The number of hydrogen-bond donors (Lipinski definition) is 0. The van der Waals surface area contributed by atoms with E-state index >= 15 is 0 Å². The Hall–Kier alpha value is -3.51. The molecule has 2 aromatic rings. The van der Waals surface area contributed by atoms with Crippen molar-refractivity contribution in [1.82, 2.24) is 0 Å². The molecule has 0 aliphatic rings. The zero-order chi connectivity index (χ0) is 15.8. The number of isocyanates is 2. The third kappa shape index (κ3) is 3.53. The van der Waals surface area contributed by atoms with Gasteiger partial charge in [0.1, 0.15) is 5.75 Å². The van der Waals surface area contributed by atoms with Crippen molar-refractivity contribution in [2.45, 2.75) is 6.42 Å². The summed E-state index contributed by atoms with van der Waals surface area (Å²) in [5.74, 6) is 0.277. The molecule has 0 spiro atoms. The van der Waals surface area contributed by atoms with Gasteiger partial charge in [0.25, 0.3) is 6.26 Å². The largest absolute Gasteiger partial charge is 0.388 e. The Kier molecular flexibility index (Phi) is 4.95. The molecule has 106 valence electrons. The third-order valence-electron chi connectivity index (χ3n) is 2.92. The minimum Gasteiger partial charge on any atom is -0.388 e. The highest BCUT2D eigenvalue weighted by atomic mass is 16.5. The topological polar surface area (TPSA) is 91.9 Å². The van der Waals surface area contributed by atoms with Crippen LogP contribution in [0.5, 0.6) is 5.75 Å². The van der Waals surface area contributed by atoms with Crippen molar-refractivity contribution in [3.63, 3.8) is 0 Å². The number of para-hydroxylation sites is 1. The average molecular weight is 291 g/mol. The summed E-state index contributed by atoms with van der Waals surface area (Å²) < 4.78 is 4.71. The van der Waals surface area contributed by atoms with E-state index in [1.165, 1.54) is 18.2 Å². The summed E-state index contributed by atoms with van der Waals surface area (Å²) in [6.07, 6.45) is 4.93. The molecule has 0 N–H and O–H groups in total. The van der Waals surface area contributed by atoms with Crippen molar-refractivity contribution >= 4 is 23.5 Å². The highest BCUT2D eigenvalue weighted by Gasteiger charge is 2.08. The average Bonchev–Trinajstić information content (AvgIpc) is 2.52. The van der Waals surface area contributed by atoms with Gasteiger partial charge in [-0.1, -0.05) is 24.3 Å². The van der Waals surface area contributed by atoms with Gasteiger partial charge in [-0.25, -0.2) is 9.59 Å². The van der Waals surface area contributed by atoms with Gasteiger partial charge < -0.3 is 4.74 Å². The van der Waals surface area contributed by atoms with E-state index in [2.05, 4.69) is 9.98 Å². The van der Waals surface area contributed by atoms with Gasteiger partial charge in [-0.2, -0.15) is 9.98 Å². The van der Waals surface area contributed by atoms with Crippen LogP contribution in [0.4, 0.5) is 11.4 Å². The Morgan fingerprint density at radius 2 is 1.64 bits per heavy atom. The Morgan fingerprint density at radius 1 is 0.955 bits per heavy atom. The molecule has 0 saturated carbocycles. The highest BCUT2D eigenvalue weighted by Crippen LogP contribution is 2.29. The van der Waals surface area contributed by atoms with Gasteiger partial charge >= 0.3 is 0 Å². The zero-order valence-corrected chi connectivity index (χ0v) is 11.3. The SMILES string of the molecule is N#COc1ccc(Cc2ccccc2N=C=O)c(N=C=O)c1. The number of hydrogen-bond acceptors (Lipinski definition) is 6. The van der Waals surface area contributed by atoms with Gasteiger partial charge in [0.2, 0.25) is 12.2 Å². The summed E-state index contributed by atoms with van der Waals surface area (Å²) >= 11 is 0. The minimum absolute atomic E-state index is 0.277. The van der Waals surface area contributed by atoms with Crippen molar-refractivity contribution in [3.8, 4) is 12.0 Å². The van der Waals surface area contributed by atoms with E-state index in [0.29, 0.717) is 23.4 Å². The van der Waals surface area contributed by atoms with Crippen LogP contribution >= 0.6 is 0 Å². The van der Waals surface area contributed by atoms with Crippen molar-refractivity contribution in [2.75, 3.05) is 0 Å². The number of nitriles is 1. The molecule has 0 aliphatic carbocycles. The molecule has 0 aromatic heterocycles. The molecule has 0 heterocycles. The summed E-state index contributed by atoms with van der Waals surface area (Å²) in [4.78, 5) is 28.3. The minimum atomic E-state index is 0.277. The molecule has 22 heavy (non-hydrogen) atoms. The van der Waals surface area contributed by atoms with E-state index < -0.39 is 0 Å². The Morgan fingerprint density at radius 3 is 2.36 bits per heavy atom. The van der Waals surface area contributed by atoms with Gasteiger partial charge in [-0.15, -0.1) is 5.26 Å². The van der Waals surface area contributed by atoms with Crippen molar-refractivity contribution in [1.29, 1.82) is 5.26 Å². The first-order valence-corrected chi connectivity index (χ1v) is 6.21. The summed E-state index contributed by atoms with van der Waals surface area (Å²) in [6.45, 7) is 0. The van der Waals surface area contributed by atoms with Crippen LogP contribution < -0.4 is 4.74 Å². The standard InChI is InChI=1S/C16H9N3O3/c17-9-22-14-6-5-13(16(8-14)19-11-21)7-12-3-1-2-4-15(12)18-10-20/h1-6,8H,7H2. The lowest BCUT2D eigenvalue weighted by molar-refractivity contribution is 0.507. The smallest absolute Gasteiger partial charge is 0.292 e. The summed E-state index contributed by atoms with van der Waals surface area (Å²) in [5, 5.41) is 8.51. The van der Waals surface area contributed by atoms with E-state index in [1.807, 2.05) is 12.1 Å². The third-order valence-corrected chi connectivity index (χ3v) is 2.92. The van der Waals surface area contributed by atoms with Gasteiger partial charge in [0, 0.05) is 12.5 Å². The van der Waals surface area contributed by atoms with Crippen LogP contribution in [0.1, 0.15) is 11.1 Å². The Labute approximate surface area is 126 Å². The molecule has 6 heteroatoms. The predicted molar refractivity (Wildman–Crippen MR) is 77.5 cm³/mol. The zero-order valence-electron chi connectivity index (χ0n) is 11.3. The molecule has 0 radical (unpaired) electrons. The fourth-order valence-corrected chi connectivity index (χ4v) is 1.99. The van der Waals surface area contributed by atoms with Crippen molar-refractivity contribution < 1.29 is 14.3 Å². The number of ether oxygens (including phenoxy) is 1. The first kappa shape index (κ1) is 14.9. The van der Waals surface area contributed by atoms with Crippen molar-refractivity contribution in [3.05, 3.63) is 53.6 Å². The maximum absolute atomic E-state index is 10.6. The molecule has 0 fully saturated rings. The van der Waals surface area contributed by atoms with Crippen LogP contribution in [0, 0.1) is 11.5 Å². The number of rotatable bonds is 5. The highest BCUT2D eigenvalue weighted by molar-refractivity contribution is 5.60. The van der Waals surface area contributed by atoms with E-state index in [0.717, 1.165) is 5.56 Å². The van der Waals surface area contributed by atoms with E-state index in [1.54, 1.807) is 30.5 Å². The molecule has 0 saturated heterocycles. The lowest BCUT2D eigenvalue weighted by atomic mass is 10.0. The van der Waals surface area contributed by atoms with Crippen LogP contribution in [0.2, 0.25) is 0 Å².